The van der Waals surface area contributed by atoms with Crippen LogP contribution in [0.4, 0.5) is 10.1 Å². The van der Waals surface area contributed by atoms with Gasteiger partial charge >= 0.3 is 0 Å². The van der Waals surface area contributed by atoms with Crippen LogP contribution >= 0.6 is 0 Å². The first-order valence-electron chi connectivity index (χ1n) is 8.59. The van der Waals surface area contributed by atoms with Crippen molar-refractivity contribution in [3.8, 4) is 0 Å². The molecule has 4 rings (SSSR count). The minimum Gasteiger partial charge on any atom is -0.381 e. The molecule has 2 aliphatic heterocycles. The molecule has 0 saturated carbocycles. The van der Waals surface area contributed by atoms with Crippen LogP contribution in [-0.4, -0.2) is 27.0 Å². The van der Waals surface area contributed by atoms with Crippen molar-refractivity contribution in [1.82, 2.24) is 5.32 Å². The van der Waals surface area contributed by atoms with Gasteiger partial charge in [0.15, 0.2) is 0 Å². The molecule has 2 N–H and O–H groups in total. The van der Waals surface area contributed by atoms with Gasteiger partial charge < -0.3 is 10.6 Å². The maximum absolute atomic E-state index is 13.1. The van der Waals surface area contributed by atoms with Crippen molar-refractivity contribution < 1.29 is 12.8 Å². The van der Waals surface area contributed by atoms with Crippen molar-refractivity contribution in [2.24, 2.45) is 0 Å². The number of benzene rings is 2. The average molecular weight is 360 g/mol. The lowest BCUT2D eigenvalue weighted by atomic mass is 9.90. The molecule has 4 nitrogen and oxygen atoms in total. The largest absolute Gasteiger partial charge is 0.381 e. The number of hydrogen-bond donors (Lipinski definition) is 2. The summed E-state index contributed by atoms with van der Waals surface area (Å²) in [5.41, 5.74) is 2.10. The molecule has 0 amide bonds. The number of anilines is 1. The third-order valence-electron chi connectivity index (χ3n) is 5.24. The summed E-state index contributed by atoms with van der Waals surface area (Å²) in [4.78, 5) is 0.387. The van der Waals surface area contributed by atoms with Crippen LogP contribution in [0, 0.1) is 5.82 Å². The van der Waals surface area contributed by atoms with Crippen LogP contribution < -0.4 is 10.6 Å². The van der Waals surface area contributed by atoms with Gasteiger partial charge in [0, 0.05) is 23.7 Å². The van der Waals surface area contributed by atoms with E-state index < -0.39 is 15.7 Å². The summed E-state index contributed by atoms with van der Waals surface area (Å²) in [6, 6.07) is 11.1. The molecule has 0 aromatic heterocycles. The van der Waals surface area contributed by atoms with Crippen molar-refractivity contribution in [3.63, 3.8) is 0 Å². The first kappa shape index (κ1) is 16.5. The Kier molecular flexibility index (Phi) is 4.04. The number of nitrogens with one attached hydrogen (secondary N) is 2. The molecule has 0 radical (unpaired) electrons. The van der Waals surface area contributed by atoms with Gasteiger partial charge in [-0.2, -0.15) is 0 Å². The van der Waals surface area contributed by atoms with Crippen LogP contribution in [0.2, 0.25) is 0 Å². The highest BCUT2D eigenvalue weighted by atomic mass is 32.2. The summed E-state index contributed by atoms with van der Waals surface area (Å²) < 4.78 is 38.8. The first-order valence-corrected chi connectivity index (χ1v) is 10.1. The Bertz CT molecular complexity index is 896. The molecular formula is C19H21FN2O2S. The van der Waals surface area contributed by atoms with Crippen molar-refractivity contribution in [3.05, 3.63) is 53.8 Å². The van der Waals surface area contributed by atoms with Crippen LogP contribution in [-0.2, 0) is 9.84 Å². The standard InChI is InChI=1S/C19H21FN2O2S/c1-12-10-19-16(8-9-21-12)17-11-15(6-7-18(17)22-19)25(23,24)14-4-2-13(20)3-5-14/h2-7,11-12,16,19,21-22H,8-10H2,1H3/t12?,16-,19?/m0/s1. The summed E-state index contributed by atoms with van der Waals surface area (Å²) >= 11 is 0. The van der Waals surface area contributed by atoms with E-state index in [4.69, 9.17) is 0 Å². The van der Waals surface area contributed by atoms with Crippen LogP contribution in [0.25, 0.3) is 0 Å². The summed E-state index contributed by atoms with van der Waals surface area (Å²) in [6.07, 6.45) is 1.99. The summed E-state index contributed by atoms with van der Waals surface area (Å²) in [5.74, 6) is -0.129. The molecular weight excluding hydrogens is 339 g/mol. The molecule has 2 unspecified atom stereocenters. The molecule has 2 aliphatic rings. The predicted octanol–water partition coefficient (Wildman–Crippen LogP) is 3.31. The lowest BCUT2D eigenvalue weighted by molar-refractivity contribution is 0.521. The Morgan fingerprint density at radius 2 is 1.80 bits per heavy atom. The fourth-order valence-corrected chi connectivity index (χ4v) is 5.24. The molecule has 0 spiro atoms. The second-order valence-electron chi connectivity index (χ2n) is 6.94. The predicted molar refractivity (Wildman–Crippen MR) is 95.1 cm³/mol. The van der Waals surface area contributed by atoms with E-state index in [2.05, 4.69) is 17.6 Å². The van der Waals surface area contributed by atoms with Gasteiger partial charge in [0.2, 0.25) is 9.84 Å². The maximum Gasteiger partial charge on any atom is 0.206 e. The van der Waals surface area contributed by atoms with Crippen molar-refractivity contribution in [2.45, 2.75) is 47.6 Å². The van der Waals surface area contributed by atoms with Crippen molar-refractivity contribution in [1.29, 1.82) is 0 Å². The lowest BCUT2D eigenvalue weighted by Crippen LogP contribution is -2.28. The third-order valence-corrected chi connectivity index (χ3v) is 7.01. The van der Waals surface area contributed by atoms with Crippen LogP contribution in [0.15, 0.2) is 52.3 Å². The molecule has 2 aromatic rings. The van der Waals surface area contributed by atoms with Crippen molar-refractivity contribution in [2.75, 3.05) is 11.9 Å². The van der Waals surface area contributed by atoms with Gasteiger partial charge in [0.05, 0.1) is 9.79 Å². The van der Waals surface area contributed by atoms with Gasteiger partial charge in [0.25, 0.3) is 0 Å². The van der Waals surface area contributed by atoms with E-state index in [-0.39, 0.29) is 9.79 Å². The highest BCUT2D eigenvalue weighted by Crippen LogP contribution is 2.42. The van der Waals surface area contributed by atoms with E-state index in [0.717, 1.165) is 30.6 Å². The highest BCUT2D eigenvalue weighted by molar-refractivity contribution is 7.91. The molecule has 2 aromatic carbocycles. The third kappa shape index (κ3) is 2.93. The number of hydrogen-bond acceptors (Lipinski definition) is 4. The number of sulfone groups is 1. The number of rotatable bonds is 2. The van der Waals surface area contributed by atoms with Gasteiger partial charge in [-0.3, -0.25) is 0 Å². The normalized spacial score (nSPS) is 25.6. The quantitative estimate of drug-likeness (QED) is 0.807. The fraction of sp³-hybridized carbons (Fsp3) is 0.368. The van der Waals surface area contributed by atoms with Crippen molar-refractivity contribution >= 4 is 15.5 Å². The SMILES string of the molecule is CC1CC2Nc3ccc(S(=O)(=O)c4ccc(F)cc4)cc3[C@@H]2CCN1. The molecule has 132 valence electrons. The van der Waals surface area contributed by atoms with Crippen LogP contribution in [0.1, 0.15) is 31.2 Å². The maximum atomic E-state index is 13.1. The summed E-state index contributed by atoms with van der Waals surface area (Å²) in [6.45, 7) is 3.11. The zero-order valence-corrected chi connectivity index (χ0v) is 14.8. The van der Waals surface area contributed by atoms with Gasteiger partial charge in [0.1, 0.15) is 5.82 Å². The summed E-state index contributed by atoms with van der Waals surface area (Å²) in [7, 11) is -3.65. The van der Waals surface area contributed by atoms with E-state index in [1.54, 1.807) is 12.1 Å². The molecule has 2 heterocycles. The van der Waals surface area contributed by atoms with E-state index >= 15 is 0 Å². The first-order chi connectivity index (χ1) is 11.9. The van der Waals surface area contributed by atoms with Crippen LogP contribution in [0.5, 0.6) is 0 Å². The van der Waals surface area contributed by atoms with Gasteiger partial charge in [-0.15, -0.1) is 0 Å². The second-order valence-corrected chi connectivity index (χ2v) is 8.89. The Balaban J connectivity index is 1.72. The number of halogens is 1. The fourth-order valence-electron chi connectivity index (χ4n) is 3.94. The Morgan fingerprint density at radius 1 is 1.08 bits per heavy atom. The average Bonchev–Trinajstić information content (AvgIpc) is 2.80. The number of fused-ring (bicyclic) bond motifs is 3. The van der Waals surface area contributed by atoms with Gasteiger partial charge in [-0.25, -0.2) is 12.8 Å². The molecule has 1 fully saturated rings. The zero-order valence-electron chi connectivity index (χ0n) is 14.0. The monoisotopic (exact) mass is 360 g/mol. The molecule has 25 heavy (non-hydrogen) atoms. The van der Waals surface area contributed by atoms with Crippen LogP contribution in [0.3, 0.4) is 0 Å². The molecule has 3 atom stereocenters. The topological polar surface area (TPSA) is 58.2 Å². The highest BCUT2D eigenvalue weighted by Gasteiger charge is 2.35. The van der Waals surface area contributed by atoms with E-state index in [1.165, 1.54) is 24.3 Å². The Morgan fingerprint density at radius 3 is 2.56 bits per heavy atom. The molecule has 0 bridgehead atoms. The minimum atomic E-state index is -3.65. The second kappa shape index (κ2) is 6.11. The van der Waals surface area contributed by atoms with E-state index in [9.17, 15) is 12.8 Å². The molecule has 6 heteroatoms. The molecule has 1 saturated heterocycles. The Labute approximate surface area is 147 Å². The van der Waals surface area contributed by atoms with Gasteiger partial charge in [-0.1, -0.05) is 0 Å². The smallest absolute Gasteiger partial charge is 0.206 e. The van der Waals surface area contributed by atoms with Gasteiger partial charge in [-0.05, 0) is 74.3 Å². The lowest BCUT2D eigenvalue weighted by Gasteiger charge is -2.18. The molecule has 0 aliphatic carbocycles. The summed E-state index contributed by atoms with van der Waals surface area (Å²) in [5, 5.41) is 7.03. The minimum absolute atomic E-state index is 0.118. The zero-order chi connectivity index (χ0) is 17.6. The Hall–Kier alpha value is -1.92. The van der Waals surface area contributed by atoms with E-state index in [0.29, 0.717) is 18.0 Å². The van der Waals surface area contributed by atoms with E-state index in [1.807, 2.05) is 6.07 Å².